The van der Waals surface area contributed by atoms with E-state index in [9.17, 15) is 18.0 Å². The van der Waals surface area contributed by atoms with Crippen LogP contribution in [0.3, 0.4) is 0 Å². The molecule has 0 radical (unpaired) electrons. The lowest BCUT2D eigenvalue weighted by molar-refractivity contribution is -0.138. The Bertz CT molecular complexity index is 687. The molecule has 1 aromatic carbocycles. The highest BCUT2D eigenvalue weighted by Gasteiger charge is 2.23. The maximum absolute atomic E-state index is 11.9. The number of sulfone groups is 1. The van der Waals surface area contributed by atoms with Crippen LogP contribution in [0.15, 0.2) is 17.0 Å². The number of carboxylic acid groups (broad SMARTS) is 1. The van der Waals surface area contributed by atoms with E-state index >= 15 is 0 Å². The first-order valence-electron chi connectivity index (χ1n) is 5.93. The van der Waals surface area contributed by atoms with Crippen molar-refractivity contribution in [2.75, 3.05) is 11.5 Å². The molecule has 7 nitrogen and oxygen atoms in total. The lowest BCUT2D eigenvalue weighted by atomic mass is 10.0. The van der Waals surface area contributed by atoms with E-state index in [4.69, 9.17) is 28.2 Å². The van der Waals surface area contributed by atoms with Crippen LogP contribution in [-0.2, 0) is 14.6 Å². The van der Waals surface area contributed by atoms with E-state index in [0.717, 1.165) is 12.1 Å². The van der Waals surface area contributed by atoms with Crippen molar-refractivity contribution in [1.82, 2.24) is 0 Å². The van der Waals surface area contributed by atoms with E-state index in [-0.39, 0.29) is 26.9 Å². The second kappa shape index (κ2) is 6.42. The van der Waals surface area contributed by atoms with E-state index in [2.05, 4.69) is 0 Å². The third-order valence-electron chi connectivity index (χ3n) is 2.84. The topological polar surface area (TPSA) is 141 Å². The van der Waals surface area contributed by atoms with E-state index in [1.807, 2.05) is 0 Å². The normalized spacial score (nSPS) is 12.9. The van der Waals surface area contributed by atoms with Crippen LogP contribution in [0.4, 0.5) is 5.69 Å². The molecule has 0 unspecified atom stereocenters. The summed E-state index contributed by atoms with van der Waals surface area (Å²) in [5.74, 6) is -2.11. The molecule has 0 aromatic heterocycles. The number of benzene rings is 1. The van der Waals surface area contributed by atoms with Crippen molar-refractivity contribution in [2.45, 2.75) is 24.3 Å². The number of halogens is 1. The predicted molar refractivity (Wildman–Crippen MR) is 78.1 cm³/mol. The monoisotopic (exact) mass is 334 g/mol. The van der Waals surface area contributed by atoms with E-state index in [1.54, 1.807) is 0 Å². The zero-order valence-corrected chi connectivity index (χ0v) is 12.7. The smallest absolute Gasteiger partial charge is 0.320 e. The van der Waals surface area contributed by atoms with Crippen LogP contribution in [0.25, 0.3) is 0 Å². The van der Waals surface area contributed by atoms with Gasteiger partial charge in [0.05, 0.1) is 15.7 Å². The van der Waals surface area contributed by atoms with Gasteiger partial charge in [0.25, 0.3) is 0 Å². The molecule has 5 N–H and O–H groups in total. The van der Waals surface area contributed by atoms with Crippen molar-refractivity contribution >= 4 is 38.9 Å². The number of nitrogens with two attached hydrogens (primary N) is 2. The molecule has 116 valence electrons. The fourth-order valence-corrected chi connectivity index (χ4v) is 3.09. The number of anilines is 1. The number of carbonyl (C=O) groups excluding carboxylic acids is 1. The first-order chi connectivity index (χ1) is 9.60. The van der Waals surface area contributed by atoms with Crippen molar-refractivity contribution in [1.29, 1.82) is 0 Å². The van der Waals surface area contributed by atoms with Crippen LogP contribution < -0.4 is 11.5 Å². The maximum Gasteiger partial charge on any atom is 0.320 e. The average molecular weight is 335 g/mol. The van der Waals surface area contributed by atoms with Gasteiger partial charge >= 0.3 is 5.97 Å². The lowest BCUT2D eigenvalue weighted by Gasteiger charge is -2.11. The van der Waals surface area contributed by atoms with Gasteiger partial charge in [-0.25, -0.2) is 8.42 Å². The molecule has 21 heavy (non-hydrogen) atoms. The largest absolute Gasteiger partial charge is 0.480 e. The van der Waals surface area contributed by atoms with Crippen molar-refractivity contribution in [3.63, 3.8) is 0 Å². The number of Topliss-reactive ketones (excluding diaryl/α,β-unsaturated/α-hetero) is 1. The minimum Gasteiger partial charge on any atom is -0.480 e. The van der Waals surface area contributed by atoms with Gasteiger partial charge in [0.1, 0.15) is 6.04 Å². The summed E-state index contributed by atoms with van der Waals surface area (Å²) in [5.41, 5.74) is 10.8. The fourth-order valence-electron chi connectivity index (χ4n) is 1.60. The Labute approximate surface area is 126 Å². The maximum atomic E-state index is 11.9. The third kappa shape index (κ3) is 3.93. The second-order valence-corrected chi connectivity index (χ2v) is 7.00. The molecule has 0 saturated carbocycles. The Balaban J connectivity index is 3.21. The van der Waals surface area contributed by atoms with Gasteiger partial charge < -0.3 is 16.6 Å². The minimum absolute atomic E-state index is 0.0493. The highest BCUT2D eigenvalue weighted by Crippen LogP contribution is 2.28. The molecule has 1 aromatic rings. The van der Waals surface area contributed by atoms with Crippen molar-refractivity contribution in [2.24, 2.45) is 5.73 Å². The van der Waals surface area contributed by atoms with Gasteiger partial charge in [0.15, 0.2) is 15.6 Å². The number of ketones is 1. The zero-order valence-electron chi connectivity index (χ0n) is 11.2. The molecular weight excluding hydrogens is 320 g/mol. The Hall–Kier alpha value is -1.64. The summed E-state index contributed by atoms with van der Waals surface area (Å²) in [6.07, 6.45) is -0.463. The van der Waals surface area contributed by atoms with Gasteiger partial charge in [-0.05, 0) is 12.1 Å². The Kier molecular flexibility index (Phi) is 5.32. The van der Waals surface area contributed by atoms with Crippen molar-refractivity contribution in [3.8, 4) is 0 Å². The molecule has 1 atom stereocenters. The Morgan fingerprint density at radius 1 is 1.38 bits per heavy atom. The summed E-state index contributed by atoms with van der Waals surface area (Å²) in [4.78, 5) is 22.4. The predicted octanol–water partition coefficient (Wildman–Crippen LogP) is 0.701. The van der Waals surface area contributed by atoms with Gasteiger partial charge in [0, 0.05) is 17.7 Å². The molecule has 1 rings (SSSR count). The van der Waals surface area contributed by atoms with Crippen LogP contribution in [0.2, 0.25) is 5.02 Å². The van der Waals surface area contributed by atoms with Crippen LogP contribution in [0.5, 0.6) is 0 Å². The van der Waals surface area contributed by atoms with E-state index < -0.39 is 34.1 Å². The van der Waals surface area contributed by atoms with E-state index in [0.29, 0.717) is 0 Å². The molecule has 0 aliphatic heterocycles. The summed E-state index contributed by atoms with van der Waals surface area (Å²) in [6, 6.07) is 0.853. The lowest BCUT2D eigenvalue weighted by Crippen LogP contribution is -2.32. The highest BCUT2D eigenvalue weighted by atomic mass is 35.5. The van der Waals surface area contributed by atoms with Gasteiger partial charge in [-0.15, -0.1) is 0 Å². The molecule has 0 spiro atoms. The molecule has 0 bridgehead atoms. The standard InChI is InChI=1S/C12H15ClN2O5S/c1-2-21(19,20)11-5-8(14)6(3-7(11)13)10(16)4-9(15)12(17)18/h3,5,9H,2,4,14-15H2,1H3,(H,17,18)/t9-/m0/s1. The molecule has 0 saturated heterocycles. The number of carbonyl (C=O) groups is 2. The van der Waals surface area contributed by atoms with Gasteiger partial charge in [-0.2, -0.15) is 0 Å². The molecule has 9 heteroatoms. The van der Waals surface area contributed by atoms with Gasteiger partial charge in [0.2, 0.25) is 0 Å². The molecule has 0 amide bonds. The summed E-state index contributed by atoms with van der Waals surface area (Å²) >= 11 is 5.87. The summed E-state index contributed by atoms with van der Waals surface area (Å²) < 4.78 is 23.6. The average Bonchev–Trinajstić information content (AvgIpc) is 2.40. The second-order valence-electron chi connectivity index (χ2n) is 4.35. The van der Waals surface area contributed by atoms with Gasteiger partial charge in [-0.3, -0.25) is 9.59 Å². The molecule has 0 aliphatic carbocycles. The Morgan fingerprint density at radius 2 is 1.95 bits per heavy atom. The van der Waals surface area contributed by atoms with Crippen LogP contribution >= 0.6 is 11.6 Å². The number of aliphatic carboxylic acids is 1. The summed E-state index contributed by atoms with van der Waals surface area (Å²) in [7, 11) is -3.57. The zero-order chi connectivity index (χ0) is 16.4. The molecule has 0 fully saturated rings. The van der Waals surface area contributed by atoms with Crippen LogP contribution in [-0.4, -0.2) is 37.1 Å². The first kappa shape index (κ1) is 17.4. The summed E-state index contributed by atoms with van der Waals surface area (Å²) in [5, 5.41) is 8.53. The first-order valence-corrected chi connectivity index (χ1v) is 7.96. The SMILES string of the molecule is CCS(=O)(=O)c1cc(N)c(C(=O)C[C@H](N)C(=O)O)cc1Cl. The highest BCUT2D eigenvalue weighted by molar-refractivity contribution is 7.91. The molecule has 0 heterocycles. The van der Waals surface area contributed by atoms with Crippen molar-refractivity contribution < 1.29 is 23.1 Å². The van der Waals surface area contributed by atoms with Gasteiger partial charge in [-0.1, -0.05) is 18.5 Å². The number of hydrogen-bond acceptors (Lipinski definition) is 6. The minimum atomic E-state index is -3.57. The number of rotatable bonds is 6. The van der Waals surface area contributed by atoms with Crippen LogP contribution in [0, 0.1) is 0 Å². The van der Waals surface area contributed by atoms with Crippen LogP contribution in [0.1, 0.15) is 23.7 Å². The number of nitrogen functional groups attached to an aromatic ring is 1. The quantitative estimate of drug-likeness (QED) is 0.513. The summed E-state index contributed by atoms with van der Waals surface area (Å²) in [6.45, 7) is 1.45. The third-order valence-corrected chi connectivity index (χ3v) is 5.03. The van der Waals surface area contributed by atoms with E-state index in [1.165, 1.54) is 6.92 Å². The number of hydrogen-bond donors (Lipinski definition) is 3. The molecular formula is C12H15ClN2O5S. The fraction of sp³-hybridized carbons (Fsp3) is 0.333. The van der Waals surface area contributed by atoms with Crippen molar-refractivity contribution in [3.05, 3.63) is 22.7 Å². The Morgan fingerprint density at radius 3 is 2.43 bits per heavy atom. The molecule has 0 aliphatic rings. The number of carboxylic acids is 1.